The summed E-state index contributed by atoms with van der Waals surface area (Å²) >= 11 is 0. The molecule has 2 aromatic carbocycles. The van der Waals surface area contributed by atoms with Crippen LogP contribution in [0.3, 0.4) is 0 Å². The Morgan fingerprint density at radius 2 is 1.62 bits per heavy atom. The van der Waals surface area contributed by atoms with Crippen molar-refractivity contribution in [3.63, 3.8) is 0 Å². The molecule has 0 saturated carbocycles. The minimum atomic E-state index is 0.189. The Morgan fingerprint density at radius 1 is 1.00 bits per heavy atom. The van der Waals surface area contributed by atoms with E-state index in [1.54, 1.807) is 0 Å². The summed E-state index contributed by atoms with van der Waals surface area (Å²) in [6.45, 7) is 6.45. The number of hydrogen-bond acceptors (Lipinski definition) is 3. The molecular weight excluding hydrogens is 258 g/mol. The largest absolute Gasteiger partial charge is 0.351 e. The Hall–Kier alpha value is -2.47. The van der Waals surface area contributed by atoms with Crippen LogP contribution in [0.1, 0.15) is 23.6 Å². The van der Waals surface area contributed by atoms with Crippen molar-refractivity contribution in [2.24, 2.45) is 0 Å². The van der Waals surface area contributed by atoms with Crippen LogP contribution in [0.15, 0.2) is 36.4 Å². The summed E-state index contributed by atoms with van der Waals surface area (Å²) in [4.78, 5) is 4.51. The Balaban J connectivity index is 2.26. The van der Waals surface area contributed by atoms with E-state index < -0.39 is 0 Å². The fourth-order valence-electron chi connectivity index (χ4n) is 3.24. The van der Waals surface area contributed by atoms with Crippen molar-refractivity contribution >= 4 is 17.1 Å². The lowest BCUT2D eigenvalue weighted by Crippen LogP contribution is -2.36. The number of rotatable bonds is 1. The first-order valence-electron chi connectivity index (χ1n) is 7.17. The predicted octanol–water partition coefficient (Wildman–Crippen LogP) is 4.11. The molecule has 0 saturated heterocycles. The van der Waals surface area contributed by atoms with Crippen molar-refractivity contribution < 1.29 is 0 Å². The smallest absolute Gasteiger partial charge is 0.103 e. The SMILES string of the molecule is Cc1cccc(C)c1N1c2cccc(C#N)c2N(C)[C@@H]1C. The standard InChI is InChI=1S/C18H19N3/c1-12-7-5-8-13(2)17(12)21-14(3)20(4)18-15(11-19)9-6-10-16(18)21/h5-10,14H,1-4H3/t14-/m0/s1. The van der Waals surface area contributed by atoms with Crippen molar-refractivity contribution in [1.82, 2.24) is 0 Å². The fraction of sp³-hybridized carbons (Fsp3) is 0.278. The summed E-state index contributed by atoms with van der Waals surface area (Å²) in [6, 6.07) is 14.6. The van der Waals surface area contributed by atoms with Gasteiger partial charge in [0.15, 0.2) is 0 Å². The lowest BCUT2D eigenvalue weighted by Gasteiger charge is -2.30. The number of para-hydroxylation sites is 2. The average Bonchev–Trinajstić information content (AvgIpc) is 2.72. The van der Waals surface area contributed by atoms with Gasteiger partial charge < -0.3 is 9.80 Å². The molecule has 106 valence electrons. The summed E-state index contributed by atoms with van der Waals surface area (Å²) in [7, 11) is 2.05. The highest BCUT2D eigenvalue weighted by Crippen LogP contribution is 2.46. The first-order valence-corrected chi connectivity index (χ1v) is 7.17. The van der Waals surface area contributed by atoms with Gasteiger partial charge in [0, 0.05) is 12.7 Å². The Morgan fingerprint density at radius 3 is 2.24 bits per heavy atom. The number of hydrogen-bond donors (Lipinski definition) is 0. The van der Waals surface area contributed by atoms with Gasteiger partial charge in [-0.05, 0) is 44.0 Å². The Bertz CT molecular complexity index is 722. The van der Waals surface area contributed by atoms with Crippen LogP contribution < -0.4 is 9.80 Å². The van der Waals surface area contributed by atoms with Gasteiger partial charge >= 0.3 is 0 Å². The number of nitriles is 1. The van der Waals surface area contributed by atoms with Gasteiger partial charge in [0.1, 0.15) is 12.2 Å². The summed E-state index contributed by atoms with van der Waals surface area (Å²) in [5, 5.41) is 9.38. The molecule has 1 aliphatic rings. The molecular formula is C18H19N3. The number of benzene rings is 2. The van der Waals surface area contributed by atoms with Gasteiger partial charge in [0.05, 0.1) is 16.9 Å². The van der Waals surface area contributed by atoms with Crippen LogP contribution in [0.25, 0.3) is 0 Å². The normalized spacial score (nSPS) is 16.8. The molecule has 3 nitrogen and oxygen atoms in total. The number of nitrogens with zero attached hydrogens (tertiary/aromatic N) is 3. The third-order valence-corrected chi connectivity index (χ3v) is 4.36. The molecule has 0 aliphatic carbocycles. The summed E-state index contributed by atoms with van der Waals surface area (Å²) < 4.78 is 0. The summed E-state index contributed by atoms with van der Waals surface area (Å²) in [6.07, 6.45) is 0.189. The van der Waals surface area contributed by atoms with E-state index in [1.165, 1.54) is 16.8 Å². The first-order chi connectivity index (χ1) is 10.1. The highest BCUT2D eigenvalue weighted by molar-refractivity contribution is 5.88. The highest BCUT2D eigenvalue weighted by Gasteiger charge is 2.34. The molecule has 1 heterocycles. The molecule has 0 unspecified atom stereocenters. The van der Waals surface area contributed by atoms with E-state index in [0.717, 1.165) is 16.9 Å². The van der Waals surface area contributed by atoms with Crippen LogP contribution in [0, 0.1) is 25.2 Å². The zero-order chi connectivity index (χ0) is 15.1. The van der Waals surface area contributed by atoms with Gasteiger partial charge in [-0.15, -0.1) is 0 Å². The van der Waals surface area contributed by atoms with Gasteiger partial charge in [-0.1, -0.05) is 24.3 Å². The molecule has 2 aromatic rings. The van der Waals surface area contributed by atoms with Gasteiger partial charge in [-0.3, -0.25) is 0 Å². The van der Waals surface area contributed by atoms with E-state index in [0.29, 0.717) is 0 Å². The molecule has 1 aliphatic heterocycles. The van der Waals surface area contributed by atoms with Crippen molar-refractivity contribution in [2.45, 2.75) is 26.9 Å². The summed E-state index contributed by atoms with van der Waals surface area (Å²) in [5.41, 5.74) is 6.62. The Kier molecular flexibility index (Phi) is 3.10. The van der Waals surface area contributed by atoms with Crippen molar-refractivity contribution in [3.8, 4) is 6.07 Å². The highest BCUT2D eigenvalue weighted by atomic mass is 15.4. The molecule has 3 rings (SSSR count). The van der Waals surface area contributed by atoms with Gasteiger partial charge in [-0.2, -0.15) is 5.26 Å². The maximum atomic E-state index is 9.38. The Labute approximate surface area is 126 Å². The lowest BCUT2D eigenvalue weighted by atomic mass is 10.1. The van der Waals surface area contributed by atoms with E-state index >= 15 is 0 Å². The number of aryl methyl sites for hydroxylation is 2. The predicted molar refractivity (Wildman–Crippen MR) is 87.1 cm³/mol. The molecule has 0 N–H and O–H groups in total. The van der Waals surface area contributed by atoms with E-state index in [2.05, 4.69) is 68.0 Å². The fourth-order valence-corrected chi connectivity index (χ4v) is 3.24. The van der Waals surface area contributed by atoms with Crippen LogP contribution in [-0.4, -0.2) is 13.2 Å². The number of anilines is 3. The van der Waals surface area contributed by atoms with Crippen LogP contribution in [0.5, 0.6) is 0 Å². The van der Waals surface area contributed by atoms with E-state index in [1.807, 2.05) is 12.1 Å². The van der Waals surface area contributed by atoms with E-state index in [4.69, 9.17) is 0 Å². The van der Waals surface area contributed by atoms with E-state index in [-0.39, 0.29) is 6.17 Å². The molecule has 0 bridgehead atoms. The van der Waals surface area contributed by atoms with Gasteiger partial charge in [0.2, 0.25) is 0 Å². The minimum absolute atomic E-state index is 0.189. The molecule has 0 fully saturated rings. The maximum absolute atomic E-state index is 9.38. The zero-order valence-electron chi connectivity index (χ0n) is 12.9. The summed E-state index contributed by atoms with van der Waals surface area (Å²) in [5.74, 6) is 0. The van der Waals surface area contributed by atoms with E-state index in [9.17, 15) is 5.26 Å². The zero-order valence-corrected chi connectivity index (χ0v) is 12.9. The molecule has 21 heavy (non-hydrogen) atoms. The molecule has 0 amide bonds. The number of fused-ring (bicyclic) bond motifs is 1. The second-order valence-corrected chi connectivity index (χ2v) is 5.64. The molecule has 0 radical (unpaired) electrons. The minimum Gasteiger partial charge on any atom is -0.351 e. The van der Waals surface area contributed by atoms with Crippen LogP contribution in [0.2, 0.25) is 0 Å². The molecule has 0 spiro atoms. The van der Waals surface area contributed by atoms with Gasteiger partial charge in [-0.25, -0.2) is 0 Å². The molecule has 0 aromatic heterocycles. The molecule has 3 heteroatoms. The van der Waals surface area contributed by atoms with Crippen molar-refractivity contribution in [2.75, 3.05) is 16.8 Å². The van der Waals surface area contributed by atoms with Crippen LogP contribution >= 0.6 is 0 Å². The monoisotopic (exact) mass is 277 g/mol. The lowest BCUT2D eigenvalue weighted by molar-refractivity contribution is 0.731. The van der Waals surface area contributed by atoms with Crippen molar-refractivity contribution in [3.05, 3.63) is 53.1 Å². The third-order valence-electron chi connectivity index (χ3n) is 4.36. The van der Waals surface area contributed by atoms with Gasteiger partial charge in [0.25, 0.3) is 0 Å². The first kappa shape index (κ1) is 13.5. The maximum Gasteiger partial charge on any atom is 0.103 e. The third kappa shape index (κ3) is 1.87. The topological polar surface area (TPSA) is 30.3 Å². The second kappa shape index (κ2) is 4.82. The molecule has 1 atom stereocenters. The second-order valence-electron chi connectivity index (χ2n) is 5.64. The van der Waals surface area contributed by atoms with Crippen molar-refractivity contribution in [1.29, 1.82) is 5.26 Å². The van der Waals surface area contributed by atoms with Crippen LogP contribution in [-0.2, 0) is 0 Å². The average molecular weight is 277 g/mol. The van der Waals surface area contributed by atoms with Crippen LogP contribution in [0.4, 0.5) is 17.1 Å². The quantitative estimate of drug-likeness (QED) is 0.786.